The summed E-state index contributed by atoms with van der Waals surface area (Å²) < 4.78 is 41.9. The number of benzene rings is 2. The zero-order chi connectivity index (χ0) is 15.6. The van der Waals surface area contributed by atoms with Crippen LogP contribution in [0.5, 0.6) is 5.75 Å². The van der Waals surface area contributed by atoms with E-state index in [1.807, 2.05) is 0 Å². The molecule has 0 fully saturated rings. The topological polar surface area (TPSA) is 60.4 Å². The first-order valence-electron chi connectivity index (χ1n) is 6.02. The summed E-state index contributed by atoms with van der Waals surface area (Å²) in [5.41, 5.74) is -0.0647. The van der Waals surface area contributed by atoms with Gasteiger partial charge in [0, 0.05) is 11.8 Å². The van der Waals surface area contributed by atoms with Crippen molar-refractivity contribution < 1.29 is 22.3 Å². The summed E-state index contributed by atoms with van der Waals surface area (Å²) in [6, 6.07) is 9.73. The lowest BCUT2D eigenvalue weighted by Gasteiger charge is -2.07. The molecule has 6 heteroatoms. The van der Waals surface area contributed by atoms with Crippen molar-refractivity contribution in [2.24, 2.45) is 0 Å². The maximum absolute atomic E-state index is 14.1. The molecule has 0 aliphatic heterocycles. The van der Waals surface area contributed by atoms with Gasteiger partial charge in [-0.1, -0.05) is 18.2 Å². The summed E-state index contributed by atoms with van der Waals surface area (Å²) in [6.07, 6.45) is 1.04. The van der Waals surface area contributed by atoms with Gasteiger partial charge in [-0.25, -0.2) is 12.8 Å². The van der Waals surface area contributed by atoms with Gasteiger partial charge in [0.15, 0.2) is 27.2 Å². The molecule has 4 nitrogen and oxygen atoms in total. The van der Waals surface area contributed by atoms with Crippen LogP contribution in [0.25, 0.3) is 0 Å². The summed E-state index contributed by atoms with van der Waals surface area (Å²) >= 11 is 0. The second-order valence-corrected chi connectivity index (χ2v) is 6.47. The first kappa shape index (κ1) is 15.2. The Labute approximate surface area is 122 Å². The van der Waals surface area contributed by atoms with E-state index in [4.69, 9.17) is 4.74 Å². The Morgan fingerprint density at radius 2 is 1.81 bits per heavy atom. The fourth-order valence-electron chi connectivity index (χ4n) is 1.87. The van der Waals surface area contributed by atoms with Crippen molar-refractivity contribution in [2.75, 3.05) is 13.4 Å². The van der Waals surface area contributed by atoms with Crippen LogP contribution in [0.2, 0.25) is 0 Å². The molecule has 2 rings (SSSR count). The van der Waals surface area contributed by atoms with Crippen molar-refractivity contribution in [3.05, 3.63) is 59.4 Å². The van der Waals surface area contributed by atoms with Gasteiger partial charge in [0.05, 0.1) is 17.6 Å². The second kappa shape index (κ2) is 5.65. The van der Waals surface area contributed by atoms with Crippen LogP contribution in [0.3, 0.4) is 0 Å². The molecule has 110 valence electrons. The van der Waals surface area contributed by atoms with Gasteiger partial charge >= 0.3 is 0 Å². The van der Waals surface area contributed by atoms with Crippen molar-refractivity contribution in [1.82, 2.24) is 0 Å². The number of rotatable bonds is 4. The average molecular weight is 308 g/mol. The highest BCUT2D eigenvalue weighted by Crippen LogP contribution is 2.23. The van der Waals surface area contributed by atoms with Gasteiger partial charge in [-0.2, -0.15) is 0 Å². The van der Waals surface area contributed by atoms with Crippen LogP contribution in [-0.2, 0) is 9.84 Å². The van der Waals surface area contributed by atoms with E-state index in [1.54, 1.807) is 0 Å². The molecular formula is C15H13FO4S. The lowest BCUT2D eigenvalue weighted by atomic mass is 10.0. The SMILES string of the molecule is COc1cccc(C(=O)c2cccc(S(C)(=O)=O)c2)c1F. The minimum absolute atomic E-state index is 0.0108. The molecule has 0 amide bonds. The van der Waals surface area contributed by atoms with Crippen molar-refractivity contribution in [3.8, 4) is 5.75 Å². The minimum Gasteiger partial charge on any atom is -0.494 e. The molecule has 0 aromatic heterocycles. The summed E-state index contributed by atoms with van der Waals surface area (Å²) in [7, 11) is -2.13. The Morgan fingerprint density at radius 3 is 2.43 bits per heavy atom. The normalized spacial score (nSPS) is 11.2. The number of carbonyl (C=O) groups excluding carboxylic acids is 1. The van der Waals surface area contributed by atoms with Crippen LogP contribution in [-0.4, -0.2) is 27.6 Å². The van der Waals surface area contributed by atoms with Gasteiger partial charge in [-0.05, 0) is 24.3 Å². The molecule has 0 unspecified atom stereocenters. The number of halogens is 1. The minimum atomic E-state index is -3.43. The van der Waals surface area contributed by atoms with Crippen LogP contribution in [0.1, 0.15) is 15.9 Å². The van der Waals surface area contributed by atoms with Crippen LogP contribution in [0, 0.1) is 5.82 Å². The molecular weight excluding hydrogens is 295 g/mol. The lowest BCUT2D eigenvalue weighted by Crippen LogP contribution is -2.07. The second-order valence-electron chi connectivity index (χ2n) is 4.45. The Balaban J connectivity index is 2.51. The van der Waals surface area contributed by atoms with Crippen LogP contribution >= 0.6 is 0 Å². The molecule has 2 aromatic carbocycles. The van der Waals surface area contributed by atoms with Crippen molar-refractivity contribution in [2.45, 2.75) is 4.90 Å². The maximum Gasteiger partial charge on any atom is 0.196 e. The molecule has 0 atom stereocenters. The van der Waals surface area contributed by atoms with Gasteiger partial charge < -0.3 is 4.74 Å². The van der Waals surface area contributed by atoms with E-state index in [-0.39, 0.29) is 21.8 Å². The highest BCUT2D eigenvalue weighted by atomic mass is 32.2. The monoisotopic (exact) mass is 308 g/mol. The predicted molar refractivity (Wildman–Crippen MR) is 75.9 cm³/mol. The van der Waals surface area contributed by atoms with E-state index in [9.17, 15) is 17.6 Å². The van der Waals surface area contributed by atoms with E-state index < -0.39 is 21.4 Å². The zero-order valence-corrected chi connectivity index (χ0v) is 12.3. The Hall–Kier alpha value is -2.21. The Morgan fingerprint density at radius 1 is 1.14 bits per heavy atom. The van der Waals surface area contributed by atoms with Crippen LogP contribution in [0.15, 0.2) is 47.4 Å². The van der Waals surface area contributed by atoms with E-state index >= 15 is 0 Å². The molecule has 0 spiro atoms. The average Bonchev–Trinajstić information content (AvgIpc) is 2.46. The molecule has 0 radical (unpaired) electrons. The maximum atomic E-state index is 14.1. The molecule has 2 aromatic rings. The number of ketones is 1. The van der Waals surface area contributed by atoms with Gasteiger partial charge in [-0.15, -0.1) is 0 Å². The number of hydrogen-bond donors (Lipinski definition) is 0. The molecule has 21 heavy (non-hydrogen) atoms. The number of methoxy groups -OCH3 is 1. The molecule has 0 saturated carbocycles. The third-order valence-corrected chi connectivity index (χ3v) is 4.06. The molecule has 0 aliphatic carbocycles. The third kappa shape index (κ3) is 3.11. The Kier molecular flexibility index (Phi) is 4.09. The van der Waals surface area contributed by atoms with Crippen molar-refractivity contribution in [1.29, 1.82) is 0 Å². The van der Waals surface area contributed by atoms with Crippen LogP contribution in [0.4, 0.5) is 4.39 Å². The number of sulfone groups is 1. The lowest BCUT2D eigenvalue weighted by molar-refractivity contribution is 0.103. The molecule has 0 aliphatic rings. The number of ether oxygens (including phenoxy) is 1. The van der Waals surface area contributed by atoms with Gasteiger partial charge in [0.1, 0.15) is 0 Å². The number of hydrogen-bond acceptors (Lipinski definition) is 4. The molecule has 0 heterocycles. The summed E-state index contributed by atoms with van der Waals surface area (Å²) in [6.45, 7) is 0. The van der Waals surface area contributed by atoms with E-state index in [0.717, 1.165) is 6.26 Å². The summed E-state index contributed by atoms with van der Waals surface area (Å²) in [4.78, 5) is 12.3. The third-order valence-electron chi connectivity index (χ3n) is 2.95. The standard InChI is InChI=1S/C15H13FO4S/c1-20-13-8-4-7-12(14(13)16)15(17)10-5-3-6-11(9-10)21(2,18)19/h3-9H,1-2H3. The van der Waals surface area contributed by atoms with Gasteiger partial charge in [0.2, 0.25) is 0 Å². The number of carbonyl (C=O) groups is 1. The van der Waals surface area contributed by atoms with Gasteiger partial charge in [-0.3, -0.25) is 4.79 Å². The molecule has 0 saturated heterocycles. The van der Waals surface area contributed by atoms with E-state index in [2.05, 4.69) is 0 Å². The van der Waals surface area contributed by atoms with Gasteiger partial charge in [0.25, 0.3) is 0 Å². The van der Waals surface area contributed by atoms with E-state index in [0.29, 0.717) is 0 Å². The fraction of sp³-hybridized carbons (Fsp3) is 0.133. The molecule has 0 N–H and O–H groups in total. The van der Waals surface area contributed by atoms with E-state index in [1.165, 1.54) is 49.6 Å². The quantitative estimate of drug-likeness (QED) is 0.814. The first-order chi connectivity index (χ1) is 9.84. The van der Waals surface area contributed by atoms with Crippen LogP contribution < -0.4 is 4.74 Å². The highest BCUT2D eigenvalue weighted by molar-refractivity contribution is 7.90. The highest BCUT2D eigenvalue weighted by Gasteiger charge is 2.18. The summed E-state index contributed by atoms with van der Waals surface area (Å²) in [5.74, 6) is -1.41. The van der Waals surface area contributed by atoms with Crippen molar-refractivity contribution >= 4 is 15.6 Å². The smallest absolute Gasteiger partial charge is 0.196 e. The largest absolute Gasteiger partial charge is 0.494 e. The molecule has 0 bridgehead atoms. The summed E-state index contributed by atoms with van der Waals surface area (Å²) in [5, 5.41) is 0. The first-order valence-corrected chi connectivity index (χ1v) is 7.91. The Bertz CT molecular complexity index is 797. The van der Waals surface area contributed by atoms with Crippen molar-refractivity contribution in [3.63, 3.8) is 0 Å². The fourth-order valence-corrected chi connectivity index (χ4v) is 2.53. The zero-order valence-electron chi connectivity index (χ0n) is 11.5. The predicted octanol–water partition coefficient (Wildman–Crippen LogP) is 2.47.